The number of hydrogen-bond donors (Lipinski definition) is 2. The number of nitrogens with one attached hydrogen (secondary N) is 1. The molecule has 1 heterocycles. The molecule has 0 aromatic heterocycles. The van der Waals surface area contributed by atoms with Crippen LogP contribution in [0.5, 0.6) is 5.75 Å². The minimum atomic E-state index is -4.40. The first kappa shape index (κ1) is 24.7. The zero-order valence-corrected chi connectivity index (χ0v) is 20.2. The van der Waals surface area contributed by atoms with Crippen molar-refractivity contribution < 1.29 is 23.1 Å². The van der Waals surface area contributed by atoms with Gasteiger partial charge in [0.1, 0.15) is 5.75 Å². The summed E-state index contributed by atoms with van der Waals surface area (Å²) in [5.41, 5.74) is 0.639. The summed E-state index contributed by atoms with van der Waals surface area (Å²) in [6.07, 6.45) is 1.87. The molecule has 2 aromatic rings. The molecule has 2 saturated carbocycles. The number of hydrogen-bond acceptors (Lipinski definition) is 3. The van der Waals surface area contributed by atoms with Crippen LogP contribution in [0.4, 0.5) is 13.2 Å². The number of carbonyl (C=O) groups excluding carboxylic acids is 1. The Morgan fingerprint density at radius 2 is 1.89 bits per heavy atom. The SMILES string of the molecule is O=C(C#Cc1ccc(C(F)(F)F)cc1)N[C@H]1CC[C@@H]2CN(CC3CC3)CC[C@@]2(c2cccc(O)c2)C1. The van der Waals surface area contributed by atoms with Gasteiger partial charge in [0, 0.05) is 36.0 Å². The van der Waals surface area contributed by atoms with Crippen LogP contribution < -0.4 is 5.32 Å². The second-order valence-electron chi connectivity index (χ2n) is 10.6. The average molecular weight is 497 g/mol. The molecule has 0 spiro atoms. The molecule has 3 aliphatic rings. The predicted molar refractivity (Wildman–Crippen MR) is 131 cm³/mol. The van der Waals surface area contributed by atoms with E-state index in [4.69, 9.17) is 0 Å². The molecule has 3 atom stereocenters. The molecule has 2 N–H and O–H groups in total. The van der Waals surface area contributed by atoms with Gasteiger partial charge in [0.05, 0.1) is 5.56 Å². The van der Waals surface area contributed by atoms with Crippen molar-refractivity contribution in [2.45, 2.75) is 56.2 Å². The van der Waals surface area contributed by atoms with E-state index in [-0.39, 0.29) is 17.2 Å². The van der Waals surface area contributed by atoms with Crippen molar-refractivity contribution in [3.63, 3.8) is 0 Å². The van der Waals surface area contributed by atoms with Crippen LogP contribution in [-0.4, -0.2) is 41.6 Å². The minimum Gasteiger partial charge on any atom is -0.508 e. The summed E-state index contributed by atoms with van der Waals surface area (Å²) < 4.78 is 38.3. The third-order valence-corrected chi connectivity index (χ3v) is 8.11. The molecule has 36 heavy (non-hydrogen) atoms. The topological polar surface area (TPSA) is 52.6 Å². The highest BCUT2D eigenvalue weighted by Gasteiger charge is 2.48. The van der Waals surface area contributed by atoms with E-state index in [0.29, 0.717) is 11.5 Å². The molecule has 1 saturated heterocycles. The average Bonchev–Trinajstić information content (AvgIpc) is 3.66. The highest BCUT2D eigenvalue weighted by Crippen LogP contribution is 2.50. The standard InChI is InChI=1S/C29H31F3N2O2/c30-29(31,32)22-9-6-20(7-10-22)8-13-27(36)33-25-12-11-24-19-34(18-21-4-5-21)15-14-28(24,17-25)23-2-1-3-26(35)16-23/h1-3,6-7,9-10,16,21,24-25,35H,4-5,11-12,14-15,17-19H2,(H,33,36)/t24-,25+,28+/m1/s1. The van der Waals surface area contributed by atoms with Gasteiger partial charge in [0.2, 0.25) is 0 Å². The van der Waals surface area contributed by atoms with E-state index in [9.17, 15) is 23.1 Å². The van der Waals surface area contributed by atoms with Crippen molar-refractivity contribution in [2.75, 3.05) is 19.6 Å². The van der Waals surface area contributed by atoms with Crippen molar-refractivity contribution in [3.8, 4) is 17.6 Å². The first-order valence-corrected chi connectivity index (χ1v) is 12.7. The highest BCUT2D eigenvalue weighted by atomic mass is 19.4. The zero-order chi connectivity index (χ0) is 25.3. The van der Waals surface area contributed by atoms with Crippen LogP contribution in [0.25, 0.3) is 0 Å². The van der Waals surface area contributed by atoms with E-state index in [1.807, 2.05) is 12.1 Å². The summed E-state index contributed by atoms with van der Waals surface area (Å²) >= 11 is 0. The van der Waals surface area contributed by atoms with Gasteiger partial charge in [0.15, 0.2) is 0 Å². The quantitative estimate of drug-likeness (QED) is 0.579. The largest absolute Gasteiger partial charge is 0.508 e. The summed E-state index contributed by atoms with van der Waals surface area (Å²) in [6.45, 7) is 3.23. The molecule has 0 radical (unpaired) electrons. The molecule has 4 nitrogen and oxygen atoms in total. The summed E-state index contributed by atoms with van der Waals surface area (Å²) in [6, 6.07) is 12.0. The maximum atomic E-state index is 12.8. The molecular formula is C29H31F3N2O2. The van der Waals surface area contributed by atoms with Crippen LogP contribution in [-0.2, 0) is 16.4 Å². The fraction of sp³-hybridized carbons (Fsp3) is 0.483. The Morgan fingerprint density at radius 3 is 2.58 bits per heavy atom. The van der Waals surface area contributed by atoms with Gasteiger partial charge >= 0.3 is 6.18 Å². The third-order valence-electron chi connectivity index (χ3n) is 8.11. The van der Waals surface area contributed by atoms with E-state index < -0.39 is 17.6 Å². The van der Waals surface area contributed by atoms with Gasteiger partial charge in [-0.25, -0.2) is 0 Å². The third kappa shape index (κ3) is 5.54. The molecule has 0 unspecified atom stereocenters. The lowest BCUT2D eigenvalue weighted by Crippen LogP contribution is -2.56. The van der Waals surface area contributed by atoms with Gasteiger partial charge in [0.25, 0.3) is 5.91 Å². The number of phenols is 1. The van der Waals surface area contributed by atoms with Crippen LogP contribution >= 0.6 is 0 Å². The molecule has 1 amide bonds. The number of fused-ring (bicyclic) bond motifs is 1. The Labute approximate surface area is 209 Å². The molecular weight excluding hydrogens is 465 g/mol. The monoisotopic (exact) mass is 496 g/mol. The number of amides is 1. The molecule has 190 valence electrons. The smallest absolute Gasteiger partial charge is 0.416 e. The van der Waals surface area contributed by atoms with Gasteiger partial charge in [-0.05, 0) is 98.9 Å². The summed E-state index contributed by atoms with van der Waals surface area (Å²) in [5, 5.41) is 13.3. The predicted octanol–water partition coefficient (Wildman–Crippen LogP) is 5.10. The Hall–Kier alpha value is -2.98. The number of alkyl halides is 3. The van der Waals surface area contributed by atoms with Crippen molar-refractivity contribution >= 4 is 5.91 Å². The maximum Gasteiger partial charge on any atom is 0.416 e. The first-order chi connectivity index (χ1) is 17.2. The molecule has 0 bridgehead atoms. The van der Waals surface area contributed by atoms with Gasteiger partial charge in [-0.15, -0.1) is 0 Å². The molecule has 5 rings (SSSR count). The van der Waals surface area contributed by atoms with Crippen LogP contribution in [0.15, 0.2) is 48.5 Å². The lowest BCUT2D eigenvalue weighted by Gasteiger charge is -2.53. The lowest BCUT2D eigenvalue weighted by molar-refractivity contribution is -0.137. The fourth-order valence-electron chi connectivity index (χ4n) is 6.08. The Balaban J connectivity index is 1.28. The van der Waals surface area contributed by atoms with Crippen molar-refractivity contribution in [1.82, 2.24) is 10.2 Å². The minimum absolute atomic E-state index is 0.0482. The Morgan fingerprint density at radius 1 is 1.11 bits per heavy atom. The number of likely N-dealkylation sites (tertiary alicyclic amines) is 1. The number of benzene rings is 2. The van der Waals surface area contributed by atoms with Crippen LogP contribution in [0.2, 0.25) is 0 Å². The summed E-state index contributed by atoms with van der Waals surface area (Å²) in [7, 11) is 0. The van der Waals surface area contributed by atoms with Crippen molar-refractivity contribution in [2.24, 2.45) is 11.8 Å². The Kier molecular flexibility index (Phi) is 6.74. The Bertz CT molecular complexity index is 1160. The van der Waals surface area contributed by atoms with E-state index in [0.717, 1.165) is 62.4 Å². The molecule has 2 aromatic carbocycles. The van der Waals surface area contributed by atoms with Crippen LogP contribution in [0.3, 0.4) is 0 Å². The number of aromatic hydroxyl groups is 1. The lowest BCUT2D eigenvalue weighted by atomic mass is 9.58. The molecule has 2 aliphatic carbocycles. The molecule has 3 fully saturated rings. The number of nitrogens with zero attached hydrogens (tertiary/aromatic N) is 1. The number of rotatable bonds is 4. The zero-order valence-electron chi connectivity index (χ0n) is 20.2. The number of halogens is 3. The van der Waals surface area contributed by atoms with Gasteiger partial charge in [-0.2, -0.15) is 13.2 Å². The van der Waals surface area contributed by atoms with Crippen LogP contribution in [0.1, 0.15) is 55.2 Å². The molecule has 1 aliphatic heterocycles. The maximum absolute atomic E-state index is 12.8. The second kappa shape index (κ2) is 9.82. The van der Waals surface area contributed by atoms with E-state index >= 15 is 0 Å². The van der Waals surface area contributed by atoms with E-state index in [1.54, 1.807) is 6.07 Å². The van der Waals surface area contributed by atoms with Gasteiger partial charge in [-0.1, -0.05) is 18.1 Å². The number of phenolic OH excluding ortho intramolecular Hbond substituents is 1. The second-order valence-corrected chi connectivity index (χ2v) is 10.6. The summed E-state index contributed by atoms with van der Waals surface area (Å²) in [4.78, 5) is 15.2. The molecule has 7 heteroatoms. The fourth-order valence-corrected chi connectivity index (χ4v) is 6.08. The van der Waals surface area contributed by atoms with E-state index in [1.165, 1.54) is 31.5 Å². The van der Waals surface area contributed by atoms with Gasteiger partial charge in [-0.3, -0.25) is 4.79 Å². The number of piperidine rings is 1. The highest BCUT2D eigenvalue weighted by molar-refractivity contribution is 5.94. The normalized spacial score (nSPS) is 26.4. The van der Waals surface area contributed by atoms with Crippen molar-refractivity contribution in [3.05, 3.63) is 65.2 Å². The first-order valence-electron chi connectivity index (χ1n) is 12.7. The van der Waals surface area contributed by atoms with E-state index in [2.05, 4.69) is 28.1 Å². The van der Waals surface area contributed by atoms with Crippen molar-refractivity contribution in [1.29, 1.82) is 0 Å². The number of carbonyl (C=O) groups is 1. The van der Waals surface area contributed by atoms with Crippen LogP contribution in [0, 0.1) is 23.7 Å². The summed E-state index contributed by atoms with van der Waals surface area (Å²) in [5.74, 6) is 6.36. The van der Waals surface area contributed by atoms with Gasteiger partial charge < -0.3 is 15.3 Å².